The lowest BCUT2D eigenvalue weighted by molar-refractivity contribution is -0.166. The van der Waals surface area contributed by atoms with Crippen LogP contribution >= 0.6 is 0 Å². The topological polar surface area (TPSA) is 78.9 Å². The van der Waals surface area contributed by atoms with Gasteiger partial charge in [-0.2, -0.15) is 0 Å². The van der Waals surface area contributed by atoms with Crippen LogP contribution in [-0.2, 0) is 28.6 Å². The third-order valence-electron chi connectivity index (χ3n) is 11.7. The van der Waals surface area contributed by atoms with Gasteiger partial charge in [0.15, 0.2) is 6.10 Å². The summed E-state index contributed by atoms with van der Waals surface area (Å²) >= 11 is 0. The molecule has 0 rings (SSSR count). The summed E-state index contributed by atoms with van der Waals surface area (Å²) in [6.45, 7) is 6.51. The number of carbonyl (C=O) groups is 3. The molecule has 0 saturated heterocycles. The zero-order chi connectivity index (χ0) is 48.6. The van der Waals surface area contributed by atoms with Crippen molar-refractivity contribution in [3.05, 3.63) is 97.2 Å². The molecule has 0 heterocycles. The van der Waals surface area contributed by atoms with Crippen LogP contribution in [0.5, 0.6) is 0 Å². The maximum atomic E-state index is 12.8. The third-order valence-corrected chi connectivity index (χ3v) is 11.7. The smallest absolute Gasteiger partial charge is 0.306 e. The number of rotatable bonds is 49. The van der Waals surface area contributed by atoms with Crippen LogP contribution in [0.1, 0.15) is 252 Å². The molecule has 1 unspecified atom stereocenters. The molecule has 0 amide bonds. The van der Waals surface area contributed by atoms with Crippen LogP contribution in [-0.4, -0.2) is 37.2 Å². The molecule has 0 aromatic rings. The summed E-state index contributed by atoms with van der Waals surface area (Å²) in [4.78, 5) is 38.0. The van der Waals surface area contributed by atoms with Crippen LogP contribution in [0.2, 0.25) is 0 Å². The number of hydrogen-bond donors (Lipinski definition) is 0. The van der Waals surface area contributed by atoms with E-state index in [2.05, 4.69) is 112 Å². The largest absolute Gasteiger partial charge is 0.462 e. The summed E-state index contributed by atoms with van der Waals surface area (Å²) in [5.74, 6) is -1.02. The quantitative estimate of drug-likeness (QED) is 0.0199. The van der Waals surface area contributed by atoms with Crippen molar-refractivity contribution in [3.63, 3.8) is 0 Å². The van der Waals surface area contributed by atoms with Gasteiger partial charge in [0.25, 0.3) is 0 Å². The Morgan fingerprint density at radius 1 is 0.313 bits per heavy atom. The van der Waals surface area contributed by atoms with Crippen molar-refractivity contribution < 1.29 is 28.6 Å². The molecule has 6 nitrogen and oxygen atoms in total. The Kier molecular flexibility index (Phi) is 51.9. The van der Waals surface area contributed by atoms with Gasteiger partial charge in [-0.1, -0.05) is 240 Å². The first kappa shape index (κ1) is 63.3. The molecule has 0 aromatic heterocycles. The molecule has 382 valence electrons. The van der Waals surface area contributed by atoms with Gasteiger partial charge in [0, 0.05) is 19.3 Å². The highest BCUT2D eigenvalue weighted by molar-refractivity contribution is 5.71. The van der Waals surface area contributed by atoms with E-state index in [0.717, 1.165) is 103 Å². The summed E-state index contributed by atoms with van der Waals surface area (Å²) in [7, 11) is 0. The lowest BCUT2D eigenvalue weighted by atomic mass is 10.1. The zero-order valence-electron chi connectivity index (χ0n) is 43.6. The Hall–Kier alpha value is -3.67. The van der Waals surface area contributed by atoms with Gasteiger partial charge >= 0.3 is 17.9 Å². The second-order valence-electron chi connectivity index (χ2n) is 18.3. The minimum Gasteiger partial charge on any atom is -0.462 e. The monoisotopic (exact) mass is 931 g/mol. The summed E-state index contributed by atoms with van der Waals surface area (Å²) in [6.07, 6.45) is 72.6. The summed E-state index contributed by atoms with van der Waals surface area (Å²) < 4.78 is 16.7. The molecule has 0 aliphatic rings. The molecular formula is C61H102O6. The van der Waals surface area contributed by atoms with E-state index in [0.29, 0.717) is 12.8 Å². The van der Waals surface area contributed by atoms with E-state index in [-0.39, 0.29) is 44.0 Å². The molecule has 0 fully saturated rings. The number of carbonyl (C=O) groups excluding carboxylic acids is 3. The van der Waals surface area contributed by atoms with E-state index in [9.17, 15) is 14.4 Å². The van der Waals surface area contributed by atoms with Gasteiger partial charge in [0.1, 0.15) is 13.2 Å². The number of unbranched alkanes of at least 4 members (excludes halogenated alkanes) is 26. The van der Waals surface area contributed by atoms with Gasteiger partial charge in [0.05, 0.1) is 0 Å². The second kappa shape index (κ2) is 54.9. The maximum Gasteiger partial charge on any atom is 0.306 e. The lowest BCUT2D eigenvalue weighted by Crippen LogP contribution is -2.30. The zero-order valence-corrected chi connectivity index (χ0v) is 43.6. The molecule has 0 saturated carbocycles. The first-order valence-electron chi connectivity index (χ1n) is 27.8. The Labute approximate surface area is 413 Å². The van der Waals surface area contributed by atoms with Gasteiger partial charge in [-0.25, -0.2) is 0 Å². The normalized spacial score (nSPS) is 12.8. The Bertz CT molecular complexity index is 1350. The fraction of sp³-hybridized carbons (Fsp3) is 0.689. The van der Waals surface area contributed by atoms with Gasteiger partial charge in [-0.05, 0) is 89.9 Å². The third kappa shape index (κ3) is 53.2. The number of allylic oxidation sites excluding steroid dienone is 16. The highest BCUT2D eigenvalue weighted by Crippen LogP contribution is 2.13. The van der Waals surface area contributed by atoms with Crippen LogP contribution in [0.25, 0.3) is 0 Å². The Morgan fingerprint density at radius 3 is 1.03 bits per heavy atom. The molecule has 0 aromatic carbocycles. The molecule has 0 spiro atoms. The minimum absolute atomic E-state index is 0.115. The van der Waals surface area contributed by atoms with E-state index in [4.69, 9.17) is 14.2 Å². The van der Waals surface area contributed by atoms with Crippen molar-refractivity contribution in [2.24, 2.45) is 0 Å². The molecule has 0 aliphatic carbocycles. The summed E-state index contributed by atoms with van der Waals surface area (Å²) in [5.41, 5.74) is 0. The predicted octanol–water partition coefficient (Wildman–Crippen LogP) is 18.5. The van der Waals surface area contributed by atoms with Crippen molar-refractivity contribution in [1.29, 1.82) is 0 Å². The maximum absolute atomic E-state index is 12.8. The van der Waals surface area contributed by atoms with Gasteiger partial charge in [-0.15, -0.1) is 0 Å². The average Bonchev–Trinajstić information content (AvgIpc) is 3.33. The minimum atomic E-state index is -0.821. The second-order valence-corrected chi connectivity index (χ2v) is 18.3. The number of hydrogen-bond acceptors (Lipinski definition) is 6. The molecular weight excluding hydrogens is 829 g/mol. The molecule has 0 N–H and O–H groups in total. The van der Waals surface area contributed by atoms with E-state index in [1.807, 2.05) is 6.08 Å². The van der Waals surface area contributed by atoms with Crippen molar-refractivity contribution in [2.75, 3.05) is 13.2 Å². The first-order valence-corrected chi connectivity index (χ1v) is 27.8. The van der Waals surface area contributed by atoms with Crippen LogP contribution in [0.4, 0.5) is 0 Å². The van der Waals surface area contributed by atoms with Gasteiger partial charge < -0.3 is 14.2 Å². The van der Waals surface area contributed by atoms with E-state index in [1.54, 1.807) is 0 Å². The lowest BCUT2D eigenvalue weighted by Gasteiger charge is -2.18. The average molecular weight is 931 g/mol. The van der Waals surface area contributed by atoms with E-state index < -0.39 is 6.10 Å². The van der Waals surface area contributed by atoms with Crippen molar-refractivity contribution >= 4 is 17.9 Å². The van der Waals surface area contributed by atoms with E-state index in [1.165, 1.54) is 103 Å². The molecule has 0 radical (unpaired) electrons. The SMILES string of the molecule is CCCCCCC/C=C/C=C/C=C/CCCCCCCC(=O)OCC(COC(=O)CC/C=C/C/C=C/CCCCCCCC)OC(=O)CCCCCCC/C=C/C=C/C=C/CCCCCCC. The van der Waals surface area contributed by atoms with Crippen molar-refractivity contribution in [3.8, 4) is 0 Å². The predicted molar refractivity (Wildman–Crippen MR) is 288 cm³/mol. The molecule has 67 heavy (non-hydrogen) atoms. The fourth-order valence-electron chi connectivity index (χ4n) is 7.44. The van der Waals surface area contributed by atoms with Crippen LogP contribution in [0, 0.1) is 0 Å². The van der Waals surface area contributed by atoms with Crippen molar-refractivity contribution in [2.45, 2.75) is 258 Å². The molecule has 0 bridgehead atoms. The van der Waals surface area contributed by atoms with Crippen LogP contribution < -0.4 is 0 Å². The highest BCUT2D eigenvalue weighted by Gasteiger charge is 2.19. The standard InChI is InChI=1S/C61H102O6/c1-4-7-10-13-16-19-22-25-27-29-31-33-36-39-42-45-48-51-54-60(63)66-57-58(56-65-59(62)53-50-47-44-41-38-35-24-21-18-15-12-9-6-3)67-61(64)55-52-49-46-43-40-37-34-32-30-28-26-23-20-17-14-11-8-5-2/h22-23,25-35,38,44,47,58H,4-21,24,36-37,39-43,45-46,48-57H2,1-3H3/b25-22+,26-23+,29-27+,30-28+,33-31+,34-32+,38-35+,47-44+. The number of esters is 3. The molecule has 6 heteroatoms. The first-order chi connectivity index (χ1) is 33.0. The van der Waals surface area contributed by atoms with Crippen LogP contribution in [0.3, 0.4) is 0 Å². The molecule has 1 atom stereocenters. The van der Waals surface area contributed by atoms with Gasteiger partial charge in [-0.3, -0.25) is 14.4 Å². The highest BCUT2D eigenvalue weighted by atomic mass is 16.6. The van der Waals surface area contributed by atoms with E-state index >= 15 is 0 Å². The summed E-state index contributed by atoms with van der Waals surface area (Å²) in [5, 5.41) is 0. The number of ether oxygens (including phenoxy) is 3. The van der Waals surface area contributed by atoms with Crippen molar-refractivity contribution in [1.82, 2.24) is 0 Å². The Morgan fingerprint density at radius 2 is 0.627 bits per heavy atom. The Balaban J connectivity index is 4.53. The molecule has 0 aliphatic heterocycles. The van der Waals surface area contributed by atoms with Crippen LogP contribution in [0.15, 0.2) is 97.2 Å². The van der Waals surface area contributed by atoms with Gasteiger partial charge in [0.2, 0.25) is 0 Å². The fourth-order valence-corrected chi connectivity index (χ4v) is 7.44. The summed E-state index contributed by atoms with van der Waals surface area (Å²) in [6, 6.07) is 0.